The van der Waals surface area contributed by atoms with Crippen molar-refractivity contribution in [2.24, 2.45) is 0 Å². The highest BCUT2D eigenvalue weighted by Crippen LogP contribution is 2.26. The van der Waals surface area contributed by atoms with E-state index in [4.69, 9.17) is 4.74 Å². The third kappa shape index (κ3) is 3.90. The fourth-order valence-electron chi connectivity index (χ4n) is 3.02. The Balaban J connectivity index is 1.82. The number of benzene rings is 2. The van der Waals surface area contributed by atoms with Gasteiger partial charge in [0.2, 0.25) is 6.10 Å². The molecule has 2 atom stereocenters. The third-order valence-electron chi connectivity index (χ3n) is 4.59. The molecule has 2 N–H and O–H groups in total. The molecule has 5 amide bonds. The van der Waals surface area contributed by atoms with Crippen LogP contribution in [-0.4, -0.2) is 47.7 Å². The molecule has 2 aromatic carbocycles. The minimum absolute atomic E-state index is 0.194. The largest absolute Gasteiger partial charge is 0.446 e. The lowest BCUT2D eigenvalue weighted by Gasteiger charge is -2.24. The lowest BCUT2D eigenvalue weighted by atomic mass is 10.1. The van der Waals surface area contributed by atoms with E-state index in [-0.39, 0.29) is 11.1 Å². The molecule has 0 aromatic heterocycles. The molecule has 3 rings (SSSR count). The second-order valence-electron chi connectivity index (χ2n) is 6.50. The van der Waals surface area contributed by atoms with Gasteiger partial charge in [0.15, 0.2) is 0 Å². The first kappa shape index (κ1) is 20.7. The molecule has 1 aliphatic rings. The summed E-state index contributed by atoms with van der Waals surface area (Å²) in [6, 6.07) is 12.3. The fraction of sp³-hybridized carbons (Fsp3) is 0.190. The van der Waals surface area contributed by atoms with E-state index in [1.807, 2.05) is 0 Å². The van der Waals surface area contributed by atoms with E-state index in [2.05, 4.69) is 10.6 Å². The summed E-state index contributed by atoms with van der Waals surface area (Å²) in [5.41, 5.74) is 0.708. The monoisotopic (exact) mass is 409 g/mol. The van der Waals surface area contributed by atoms with Crippen LogP contribution in [-0.2, 0) is 14.3 Å². The zero-order valence-corrected chi connectivity index (χ0v) is 16.2. The number of carbonyl (C=O) groups excluding carboxylic acids is 5. The zero-order chi connectivity index (χ0) is 21.8. The van der Waals surface area contributed by atoms with Gasteiger partial charge in [0.05, 0.1) is 11.1 Å². The number of hydrogen-bond acceptors (Lipinski definition) is 6. The first-order chi connectivity index (χ1) is 14.3. The molecule has 154 valence electrons. The molecule has 0 saturated carbocycles. The lowest BCUT2D eigenvalue weighted by Crippen LogP contribution is -2.46. The SMILES string of the molecule is CNC(=O)NC(=O)[C@H](OC(=O)[C@H](C)N1C(=O)c2ccccc2C1=O)c1ccccc1. The van der Waals surface area contributed by atoms with Crippen LogP contribution in [0.15, 0.2) is 54.6 Å². The topological polar surface area (TPSA) is 122 Å². The van der Waals surface area contributed by atoms with Gasteiger partial charge >= 0.3 is 12.0 Å². The number of urea groups is 1. The molecule has 0 fully saturated rings. The summed E-state index contributed by atoms with van der Waals surface area (Å²) in [6.07, 6.45) is -1.45. The van der Waals surface area contributed by atoms with Crippen molar-refractivity contribution in [3.63, 3.8) is 0 Å². The molecule has 0 radical (unpaired) electrons. The lowest BCUT2D eigenvalue weighted by molar-refractivity contribution is -0.159. The van der Waals surface area contributed by atoms with Gasteiger partial charge in [0, 0.05) is 12.6 Å². The number of rotatable bonds is 5. The molecule has 1 heterocycles. The van der Waals surface area contributed by atoms with Gasteiger partial charge in [0.25, 0.3) is 17.7 Å². The van der Waals surface area contributed by atoms with Gasteiger partial charge in [-0.25, -0.2) is 9.59 Å². The summed E-state index contributed by atoms with van der Waals surface area (Å²) >= 11 is 0. The van der Waals surface area contributed by atoms with Gasteiger partial charge in [-0.1, -0.05) is 42.5 Å². The van der Waals surface area contributed by atoms with Crippen molar-refractivity contribution in [1.82, 2.24) is 15.5 Å². The molecule has 0 saturated heterocycles. The number of hydrogen-bond donors (Lipinski definition) is 2. The highest BCUT2D eigenvalue weighted by molar-refractivity contribution is 6.22. The van der Waals surface area contributed by atoms with Crippen molar-refractivity contribution in [3.8, 4) is 0 Å². The predicted molar refractivity (Wildman–Crippen MR) is 104 cm³/mol. The average Bonchev–Trinajstić information content (AvgIpc) is 3.02. The van der Waals surface area contributed by atoms with Crippen LogP contribution in [0, 0.1) is 0 Å². The van der Waals surface area contributed by atoms with Crippen LogP contribution in [0.5, 0.6) is 0 Å². The number of esters is 1. The Morgan fingerprint density at radius 3 is 1.97 bits per heavy atom. The van der Waals surface area contributed by atoms with Crippen LogP contribution < -0.4 is 10.6 Å². The standard InChI is InChI=1S/C21H19N3O6/c1-12(24-18(26)14-10-6-7-11-15(14)19(24)27)20(28)30-16(13-8-4-3-5-9-13)17(25)23-21(29)22-2/h3-12,16H,1-2H3,(H2,22,23,25,29)/t12-,16+/m0/s1. The first-order valence-electron chi connectivity index (χ1n) is 9.10. The minimum Gasteiger partial charge on any atom is -0.446 e. The summed E-state index contributed by atoms with van der Waals surface area (Å²) in [5, 5.41) is 4.30. The number of nitrogens with one attached hydrogen (secondary N) is 2. The molecule has 2 aromatic rings. The van der Waals surface area contributed by atoms with Gasteiger partial charge in [0.1, 0.15) is 6.04 Å². The zero-order valence-electron chi connectivity index (χ0n) is 16.2. The van der Waals surface area contributed by atoms with Gasteiger partial charge in [-0.05, 0) is 19.1 Å². The Morgan fingerprint density at radius 1 is 0.900 bits per heavy atom. The number of nitrogens with zero attached hydrogens (tertiary/aromatic N) is 1. The summed E-state index contributed by atoms with van der Waals surface area (Å²) < 4.78 is 5.34. The van der Waals surface area contributed by atoms with Gasteiger partial charge in [-0.15, -0.1) is 0 Å². The second-order valence-corrected chi connectivity index (χ2v) is 6.50. The summed E-state index contributed by atoms with van der Waals surface area (Å²) in [6.45, 7) is 1.34. The van der Waals surface area contributed by atoms with Crippen molar-refractivity contribution < 1.29 is 28.7 Å². The van der Waals surface area contributed by atoms with E-state index < -0.39 is 41.9 Å². The molecule has 0 spiro atoms. The van der Waals surface area contributed by atoms with Crippen LogP contribution in [0.2, 0.25) is 0 Å². The molecule has 1 aliphatic heterocycles. The second kappa shape index (κ2) is 8.56. The molecular formula is C21H19N3O6. The van der Waals surface area contributed by atoms with Crippen molar-refractivity contribution in [3.05, 3.63) is 71.3 Å². The Labute approximate surface area is 172 Å². The molecule has 0 unspecified atom stereocenters. The van der Waals surface area contributed by atoms with E-state index >= 15 is 0 Å². The Hall–Kier alpha value is -4.01. The maximum absolute atomic E-state index is 12.8. The number of amides is 5. The Kier molecular flexibility index (Phi) is 5.91. The van der Waals surface area contributed by atoms with Gasteiger partial charge in [-0.3, -0.25) is 24.6 Å². The number of fused-ring (bicyclic) bond motifs is 1. The summed E-state index contributed by atoms with van der Waals surface area (Å²) in [5.74, 6) is -3.08. The minimum atomic E-state index is -1.45. The van der Waals surface area contributed by atoms with Crippen LogP contribution in [0.1, 0.15) is 39.3 Å². The summed E-state index contributed by atoms with van der Waals surface area (Å²) in [7, 11) is 1.33. The molecule has 0 aliphatic carbocycles. The van der Waals surface area contributed by atoms with Crippen LogP contribution in [0.25, 0.3) is 0 Å². The van der Waals surface area contributed by atoms with E-state index in [1.54, 1.807) is 42.5 Å². The third-order valence-corrected chi connectivity index (χ3v) is 4.59. The quantitative estimate of drug-likeness (QED) is 0.569. The van der Waals surface area contributed by atoms with Crippen molar-refractivity contribution in [2.45, 2.75) is 19.1 Å². The molecular weight excluding hydrogens is 390 g/mol. The van der Waals surface area contributed by atoms with E-state index in [9.17, 15) is 24.0 Å². The maximum Gasteiger partial charge on any atom is 0.330 e. The Morgan fingerprint density at radius 2 is 1.43 bits per heavy atom. The molecule has 0 bridgehead atoms. The van der Waals surface area contributed by atoms with Gasteiger partial charge in [-0.2, -0.15) is 0 Å². The van der Waals surface area contributed by atoms with Crippen molar-refractivity contribution in [2.75, 3.05) is 7.05 Å². The Bertz CT molecular complexity index is 985. The van der Waals surface area contributed by atoms with Gasteiger partial charge < -0.3 is 10.1 Å². The van der Waals surface area contributed by atoms with Crippen LogP contribution >= 0.6 is 0 Å². The van der Waals surface area contributed by atoms with E-state index in [1.165, 1.54) is 26.1 Å². The highest BCUT2D eigenvalue weighted by Gasteiger charge is 2.42. The molecule has 9 nitrogen and oxygen atoms in total. The van der Waals surface area contributed by atoms with Crippen LogP contribution in [0.4, 0.5) is 4.79 Å². The normalized spacial score (nSPS) is 14.5. The van der Waals surface area contributed by atoms with E-state index in [0.717, 1.165) is 4.90 Å². The van der Waals surface area contributed by atoms with Crippen LogP contribution in [0.3, 0.4) is 0 Å². The van der Waals surface area contributed by atoms with Crippen molar-refractivity contribution in [1.29, 1.82) is 0 Å². The molecule has 30 heavy (non-hydrogen) atoms. The number of ether oxygens (including phenoxy) is 1. The number of carbonyl (C=O) groups is 5. The fourth-order valence-corrected chi connectivity index (χ4v) is 3.02. The average molecular weight is 409 g/mol. The van der Waals surface area contributed by atoms with Crippen molar-refractivity contribution >= 4 is 29.7 Å². The smallest absolute Gasteiger partial charge is 0.330 e. The maximum atomic E-state index is 12.8. The highest BCUT2D eigenvalue weighted by atomic mass is 16.5. The molecule has 9 heteroatoms. The summed E-state index contributed by atoms with van der Waals surface area (Å²) in [4.78, 5) is 62.8. The first-order valence-corrected chi connectivity index (χ1v) is 9.10. The number of imide groups is 2. The van der Waals surface area contributed by atoms with E-state index in [0.29, 0.717) is 5.56 Å². The predicted octanol–water partition coefficient (Wildman–Crippen LogP) is 1.41.